The van der Waals surface area contributed by atoms with E-state index in [0.29, 0.717) is 5.92 Å². The van der Waals surface area contributed by atoms with Crippen molar-refractivity contribution >= 4 is 6.21 Å². The summed E-state index contributed by atoms with van der Waals surface area (Å²) in [5.74, 6) is -0.0910. The number of nitrogens with zero attached hydrogens (tertiary/aromatic N) is 1. The molecule has 4 nitrogen and oxygen atoms in total. The Morgan fingerprint density at radius 1 is 1.33 bits per heavy atom. The second-order valence-corrected chi connectivity index (χ2v) is 5.15. The number of rotatable bonds is 1. The Labute approximate surface area is 89.6 Å². The van der Waals surface area contributed by atoms with Gasteiger partial charge < -0.3 is 14.2 Å². The van der Waals surface area contributed by atoms with E-state index in [2.05, 4.69) is 11.9 Å². The molecular weight excluding hydrogens is 194 g/mol. The molecule has 0 aromatic carbocycles. The van der Waals surface area contributed by atoms with E-state index in [0.717, 1.165) is 0 Å². The number of epoxide rings is 1. The quantitative estimate of drug-likeness (QED) is 0.480. The highest BCUT2D eigenvalue weighted by molar-refractivity contribution is 5.64. The molecule has 3 aliphatic heterocycles. The zero-order chi connectivity index (χ0) is 10.8. The molecule has 2 unspecified atom stereocenters. The highest BCUT2D eigenvalue weighted by Gasteiger charge is 2.81. The van der Waals surface area contributed by atoms with Gasteiger partial charge in [0.1, 0.15) is 11.7 Å². The van der Waals surface area contributed by atoms with Crippen LogP contribution in [0.25, 0.3) is 0 Å². The number of hydrogen-bond acceptors (Lipinski definition) is 4. The van der Waals surface area contributed by atoms with Gasteiger partial charge in [-0.15, -0.1) is 0 Å². The van der Waals surface area contributed by atoms with E-state index >= 15 is 0 Å². The van der Waals surface area contributed by atoms with Gasteiger partial charge >= 0.3 is 0 Å². The lowest BCUT2D eigenvalue weighted by atomic mass is 9.86. The van der Waals surface area contributed by atoms with E-state index in [9.17, 15) is 0 Å². The van der Waals surface area contributed by atoms with Gasteiger partial charge in [-0.05, 0) is 13.8 Å². The van der Waals surface area contributed by atoms with Gasteiger partial charge in [-0.2, -0.15) is 0 Å². The fourth-order valence-electron chi connectivity index (χ4n) is 2.74. The number of ether oxygens (including phenoxy) is 3. The van der Waals surface area contributed by atoms with Crippen LogP contribution in [0.2, 0.25) is 0 Å². The van der Waals surface area contributed by atoms with Crippen molar-refractivity contribution in [1.29, 1.82) is 0 Å². The standard InChI is InChI=1S/C11H17NO3/c1-6-7(5-12-4)13-9-8(6)14-11(9)10(2,3)15-11/h5-9H,1-4H3/b12-5+/t6-,7-,8?,9+,11?/m0/s1. The first kappa shape index (κ1) is 9.75. The second-order valence-electron chi connectivity index (χ2n) is 5.15. The Bertz CT molecular complexity index is 328. The maximum atomic E-state index is 5.93. The summed E-state index contributed by atoms with van der Waals surface area (Å²) in [5, 5.41) is 0. The SMILES string of the molecule is C/N=C/[C@@H]1O[C@@H]2C(OC23OC3(C)C)[C@H]1C. The fourth-order valence-corrected chi connectivity index (χ4v) is 2.74. The largest absolute Gasteiger partial charge is 0.360 e. The molecule has 0 aliphatic carbocycles. The van der Waals surface area contributed by atoms with Gasteiger partial charge in [0.05, 0.1) is 12.2 Å². The number of aliphatic imine (C=N–C) groups is 1. The Balaban J connectivity index is 1.78. The third-order valence-electron chi connectivity index (χ3n) is 3.82. The average molecular weight is 211 g/mol. The fraction of sp³-hybridized carbons (Fsp3) is 0.909. The number of hydrogen-bond donors (Lipinski definition) is 0. The lowest BCUT2D eigenvalue weighted by molar-refractivity contribution is -0.269. The molecule has 15 heavy (non-hydrogen) atoms. The van der Waals surface area contributed by atoms with Crippen molar-refractivity contribution in [1.82, 2.24) is 0 Å². The minimum Gasteiger partial charge on any atom is -0.360 e. The molecule has 84 valence electrons. The smallest absolute Gasteiger partial charge is 0.228 e. The third kappa shape index (κ3) is 0.998. The van der Waals surface area contributed by atoms with Crippen molar-refractivity contribution in [2.45, 2.75) is 50.5 Å². The van der Waals surface area contributed by atoms with Gasteiger partial charge in [0, 0.05) is 19.2 Å². The first-order chi connectivity index (χ1) is 7.02. The van der Waals surface area contributed by atoms with Crippen molar-refractivity contribution in [2.75, 3.05) is 7.05 Å². The van der Waals surface area contributed by atoms with Crippen LogP contribution in [0.3, 0.4) is 0 Å². The Morgan fingerprint density at radius 3 is 2.53 bits per heavy atom. The van der Waals surface area contributed by atoms with Crippen LogP contribution in [0.5, 0.6) is 0 Å². The predicted molar refractivity (Wildman–Crippen MR) is 55.0 cm³/mol. The molecule has 0 N–H and O–H groups in total. The van der Waals surface area contributed by atoms with E-state index in [4.69, 9.17) is 14.2 Å². The van der Waals surface area contributed by atoms with Gasteiger partial charge in [0.25, 0.3) is 0 Å². The predicted octanol–water partition coefficient (Wildman–Crippen LogP) is 0.994. The van der Waals surface area contributed by atoms with Crippen LogP contribution in [-0.2, 0) is 14.2 Å². The molecule has 4 heteroatoms. The molecule has 0 aromatic heterocycles. The minimum absolute atomic E-state index is 0.0735. The maximum absolute atomic E-state index is 5.93. The topological polar surface area (TPSA) is 43.4 Å². The summed E-state index contributed by atoms with van der Waals surface area (Å²) < 4.78 is 17.4. The van der Waals surface area contributed by atoms with Crippen molar-refractivity contribution in [2.24, 2.45) is 10.9 Å². The van der Waals surface area contributed by atoms with Crippen LogP contribution < -0.4 is 0 Å². The van der Waals surface area contributed by atoms with Gasteiger partial charge in [-0.3, -0.25) is 4.99 Å². The molecule has 0 bridgehead atoms. The minimum atomic E-state index is -0.456. The molecule has 0 aromatic rings. The van der Waals surface area contributed by atoms with Gasteiger partial charge in [-0.25, -0.2) is 0 Å². The summed E-state index contributed by atoms with van der Waals surface area (Å²) in [7, 11) is 1.77. The molecule has 3 aliphatic rings. The van der Waals surface area contributed by atoms with Crippen LogP contribution >= 0.6 is 0 Å². The van der Waals surface area contributed by atoms with E-state index in [1.54, 1.807) is 7.05 Å². The van der Waals surface area contributed by atoms with Crippen LogP contribution in [0, 0.1) is 5.92 Å². The van der Waals surface area contributed by atoms with Crippen molar-refractivity contribution in [3.63, 3.8) is 0 Å². The van der Waals surface area contributed by atoms with Gasteiger partial charge in [-0.1, -0.05) is 6.92 Å². The van der Waals surface area contributed by atoms with Crippen molar-refractivity contribution in [3.05, 3.63) is 0 Å². The van der Waals surface area contributed by atoms with Crippen LogP contribution in [0.4, 0.5) is 0 Å². The second kappa shape index (κ2) is 2.62. The summed E-state index contributed by atoms with van der Waals surface area (Å²) in [5.41, 5.74) is -0.188. The molecule has 0 radical (unpaired) electrons. The van der Waals surface area contributed by atoms with Crippen LogP contribution in [-0.4, -0.2) is 43.0 Å². The lowest BCUT2D eigenvalue weighted by Gasteiger charge is -2.39. The third-order valence-corrected chi connectivity index (χ3v) is 3.82. The first-order valence-corrected chi connectivity index (χ1v) is 5.47. The van der Waals surface area contributed by atoms with Gasteiger partial charge in [0.2, 0.25) is 5.79 Å². The zero-order valence-corrected chi connectivity index (χ0v) is 9.56. The first-order valence-electron chi connectivity index (χ1n) is 5.47. The number of fused-ring (bicyclic) bond motifs is 2. The van der Waals surface area contributed by atoms with E-state index < -0.39 is 5.79 Å². The van der Waals surface area contributed by atoms with E-state index in [1.807, 2.05) is 20.1 Å². The molecule has 1 spiro atoms. The molecular formula is C11H17NO3. The monoisotopic (exact) mass is 211 g/mol. The Morgan fingerprint density at radius 2 is 2.00 bits per heavy atom. The highest BCUT2D eigenvalue weighted by atomic mass is 16.9. The summed E-state index contributed by atoms with van der Waals surface area (Å²) >= 11 is 0. The lowest BCUT2D eigenvalue weighted by Crippen LogP contribution is -2.58. The maximum Gasteiger partial charge on any atom is 0.228 e. The molecule has 5 atom stereocenters. The Kier molecular flexibility index (Phi) is 1.70. The summed E-state index contributed by atoms with van der Waals surface area (Å²) in [4.78, 5) is 4.02. The van der Waals surface area contributed by atoms with Crippen molar-refractivity contribution < 1.29 is 14.2 Å². The molecule has 3 rings (SSSR count). The molecule has 0 saturated carbocycles. The molecule has 0 amide bonds. The normalized spacial score (nSPS) is 55.7. The summed E-state index contributed by atoms with van der Waals surface area (Å²) in [6, 6.07) is 0. The molecule has 3 fully saturated rings. The highest BCUT2D eigenvalue weighted by Crippen LogP contribution is 2.63. The molecule has 3 saturated heterocycles. The van der Waals surface area contributed by atoms with E-state index in [1.165, 1.54) is 0 Å². The Hall–Kier alpha value is -0.450. The van der Waals surface area contributed by atoms with Crippen LogP contribution in [0.15, 0.2) is 4.99 Å². The zero-order valence-electron chi connectivity index (χ0n) is 9.56. The summed E-state index contributed by atoms with van der Waals surface area (Å²) in [6.07, 6.45) is 2.19. The average Bonchev–Trinajstić information content (AvgIpc) is 2.65. The van der Waals surface area contributed by atoms with E-state index in [-0.39, 0.29) is 23.9 Å². The summed E-state index contributed by atoms with van der Waals surface area (Å²) in [6.45, 7) is 6.22. The van der Waals surface area contributed by atoms with Crippen LogP contribution in [0.1, 0.15) is 20.8 Å². The van der Waals surface area contributed by atoms with Crippen molar-refractivity contribution in [3.8, 4) is 0 Å². The molecule has 3 heterocycles. The van der Waals surface area contributed by atoms with Gasteiger partial charge in [0.15, 0.2) is 0 Å².